The first kappa shape index (κ1) is 17.4. The molecule has 0 saturated carbocycles. The third kappa shape index (κ3) is 2.98. The highest BCUT2D eigenvalue weighted by atomic mass is 32.2. The molecule has 0 unspecified atom stereocenters. The summed E-state index contributed by atoms with van der Waals surface area (Å²) in [6.07, 6.45) is 0.992. The first-order valence-electron chi connectivity index (χ1n) is 8.15. The van der Waals surface area contributed by atoms with Crippen LogP contribution in [-0.2, 0) is 10.0 Å². The Hall–Kier alpha value is -2.47. The van der Waals surface area contributed by atoms with Crippen molar-refractivity contribution < 1.29 is 18.0 Å². The van der Waals surface area contributed by atoms with E-state index in [1.807, 2.05) is 12.1 Å². The molecule has 1 aliphatic heterocycles. The summed E-state index contributed by atoms with van der Waals surface area (Å²) in [6.45, 7) is 3.70. The van der Waals surface area contributed by atoms with Crippen LogP contribution >= 0.6 is 0 Å². The Balaban J connectivity index is 1.83. The van der Waals surface area contributed by atoms with Crippen LogP contribution in [0.4, 0.5) is 0 Å². The van der Waals surface area contributed by atoms with Crippen molar-refractivity contribution in [1.82, 2.24) is 4.31 Å². The van der Waals surface area contributed by atoms with Gasteiger partial charge in [-0.3, -0.25) is 9.59 Å². The lowest BCUT2D eigenvalue weighted by molar-refractivity contribution is 0.0820. The monoisotopic (exact) mass is 357 g/mol. The molecule has 3 rings (SSSR count). The summed E-state index contributed by atoms with van der Waals surface area (Å²) >= 11 is 0. The van der Waals surface area contributed by atoms with Crippen molar-refractivity contribution in [3.63, 3.8) is 0 Å². The van der Waals surface area contributed by atoms with Gasteiger partial charge in [-0.15, -0.1) is 0 Å². The minimum atomic E-state index is -3.96. The quantitative estimate of drug-likeness (QED) is 0.770. The molecule has 0 aromatic heterocycles. The Bertz CT molecular complexity index is 932. The zero-order valence-electron chi connectivity index (χ0n) is 14.1. The molecule has 1 heterocycles. The second-order valence-electron chi connectivity index (χ2n) is 6.17. The van der Waals surface area contributed by atoms with Crippen molar-refractivity contribution in [2.45, 2.75) is 31.1 Å². The molecule has 0 spiro atoms. The van der Waals surface area contributed by atoms with Crippen molar-refractivity contribution in [3.05, 3.63) is 65.2 Å². The average molecular weight is 357 g/mol. The minimum absolute atomic E-state index is 0.0417. The standard InChI is InChI=1S/C19H19NO4S/c1-3-13(2)14-8-10-15(11-9-14)17(21)12-20-19(22)16-6-4-5-7-18(16)25(20,23)24/h4-11,13H,3,12H2,1-2H3/t13-/m1/s1. The Morgan fingerprint density at radius 3 is 2.32 bits per heavy atom. The molecule has 0 N–H and O–H groups in total. The molecule has 2 aromatic carbocycles. The van der Waals surface area contributed by atoms with Gasteiger partial charge < -0.3 is 0 Å². The molecule has 130 valence electrons. The van der Waals surface area contributed by atoms with Crippen molar-refractivity contribution in [2.75, 3.05) is 6.54 Å². The lowest BCUT2D eigenvalue weighted by Gasteiger charge is -2.14. The third-order valence-electron chi connectivity index (χ3n) is 4.61. The number of sulfonamides is 1. The van der Waals surface area contributed by atoms with Crippen molar-refractivity contribution in [3.8, 4) is 0 Å². The number of carbonyl (C=O) groups is 2. The SMILES string of the molecule is CC[C@@H](C)c1ccc(C(=O)CN2C(=O)c3ccccc3S2(=O)=O)cc1. The maximum Gasteiger partial charge on any atom is 0.269 e. The second-order valence-corrected chi connectivity index (χ2v) is 8.00. The lowest BCUT2D eigenvalue weighted by atomic mass is 9.97. The van der Waals surface area contributed by atoms with Crippen LogP contribution in [0.3, 0.4) is 0 Å². The lowest BCUT2D eigenvalue weighted by Crippen LogP contribution is -2.35. The van der Waals surface area contributed by atoms with Gasteiger partial charge in [0.05, 0.1) is 5.56 Å². The van der Waals surface area contributed by atoms with Gasteiger partial charge in [-0.25, -0.2) is 12.7 Å². The molecule has 1 atom stereocenters. The van der Waals surface area contributed by atoms with Crippen LogP contribution in [0.1, 0.15) is 52.5 Å². The fraction of sp³-hybridized carbons (Fsp3) is 0.263. The van der Waals surface area contributed by atoms with Gasteiger partial charge in [0.1, 0.15) is 11.4 Å². The van der Waals surface area contributed by atoms with Gasteiger partial charge in [0.25, 0.3) is 15.9 Å². The number of rotatable bonds is 5. The predicted molar refractivity (Wildman–Crippen MR) is 94.1 cm³/mol. The zero-order valence-corrected chi connectivity index (χ0v) is 14.9. The molecule has 0 bridgehead atoms. The highest BCUT2D eigenvalue weighted by molar-refractivity contribution is 7.90. The number of benzene rings is 2. The van der Waals surface area contributed by atoms with Crippen LogP contribution in [-0.4, -0.2) is 31.0 Å². The average Bonchev–Trinajstić information content (AvgIpc) is 2.82. The molecule has 1 aliphatic rings. The van der Waals surface area contributed by atoms with Gasteiger partial charge in [0.2, 0.25) is 0 Å². The molecule has 5 nitrogen and oxygen atoms in total. The molecule has 0 fully saturated rings. The van der Waals surface area contributed by atoms with E-state index in [0.29, 0.717) is 15.8 Å². The fourth-order valence-electron chi connectivity index (χ4n) is 2.84. The van der Waals surface area contributed by atoms with E-state index in [-0.39, 0.29) is 10.5 Å². The van der Waals surface area contributed by atoms with E-state index in [1.165, 1.54) is 12.1 Å². The highest BCUT2D eigenvalue weighted by Gasteiger charge is 2.41. The number of hydrogen-bond donors (Lipinski definition) is 0. The molecule has 25 heavy (non-hydrogen) atoms. The van der Waals surface area contributed by atoms with E-state index in [4.69, 9.17) is 0 Å². The summed E-state index contributed by atoms with van der Waals surface area (Å²) in [5.41, 5.74) is 1.63. The summed E-state index contributed by atoms with van der Waals surface area (Å²) in [4.78, 5) is 24.8. The van der Waals surface area contributed by atoms with Crippen LogP contribution in [0, 0.1) is 0 Å². The Kier molecular flexibility index (Phi) is 4.47. The molecule has 6 heteroatoms. The fourth-order valence-corrected chi connectivity index (χ4v) is 4.37. The van der Waals surface area contributed by atoms with E-state index in [9.17, 15) is 18.0 Å². The molecule has 0 radical (unpaired) electrons. The van der Waals surface area contributed by atoms with E-state index >= 15 is 0 Å². The highest BCUT2D eigenvalue weighted by Crippen LogP contribution is 2.30. The number of Topliss-reactive ketones (excluding diaryl/α,β-unsaturated/α-hetero) is 1. The van der Waals surface area contributed by atoms with Crippen molar-refractivity contribution >= 4 is 21.7 Å². The van der Waals surface area contributed by atoms with E-state index in [2.05, 4.69) is 13.8 Å². The number of amides is 1. The van der Waals surface area contributed by atoms with E-state index in [1.54, 1.807) is 24.3 Å². The smallest absolute Gasteiger partial charge is 0.269 e. The number of fused-ring (bicyclic) bond motifs is 1. The molecule has 1 amide bonds. The first-order chi connectivity index (χ1) is 11.9. The van der Waals surface area contributed by atoms with Crippen molar-refractivity contribution in [2.24, 2.45) is 0 Å². The van der Waals surface area contributed by atoms with Gasteiger partial charge in [-0.2, -0.15) is 0 Å². The van der Waals surface area contributed by atoms with Gasteiger partial charge in [-0.1, -0.05) is 50.2 Å². The maximum atomic E-state index is 12.5. The van der Waals surface area contributed by atoms with Gasteiger partial charge in [0, 0.05) is 5.56 Å². The van der Waals surface area contributed by atoms with Crippen LogP contribution < -0.4 is 0 Å². The summed E-state index contributed by atoms with van der Waals surface area (Å²) < 4.78 is 25.6. The number of carbonyl (C=O) groups excluding carboxylic acids is 2. The topological polar surface area (TPSA) is 71.5 Å². The van der Waals surface area contributed by atoms with Crippen molar-refractivity contribution in [1.29, 1.82) is 0 Å². The predicted octanol–water partition coefficient (Wildman–Crippen LogP) is 3.23. The normalized spacial score (nSPS) is 16.6. The number of hydrogen-bond acceptors (Lipinski definition) is 4. The number of nitrogens with zero attached hydrogens (tertiary/aromatic N) is 1. The summed E-state index contributed by atoms with van der Waals surface area (Å²) in [5.74, 6) is -0.667. The van der Waals surface area contributed by atoms with Gasteiger partial charge >= 0.3 is 0 Å². The summed E-state index contributed by atoms with van der Waals surface area (Å²) in [6, 6.07) is 13.1. The van der Waals surface area contributed by atoms with Crippen LogP contribution in [0.5, 0.6) is 0 Å². The van der Waals surface area contributed by atoms with Crippen LogP contribution in [0.25, 0.3) is 0 Å². The third-order valence-corrected chi connectivity index (χ3v) is 6.40. The molecule has 0 aliphatic carbocycles. The molecule has 0 saturated heterocycles. The largest absolute Gasteiger partial charge is 0.292 e. The zero-order chi connectivity index (χ0) is 18.2. The first-order valence-corrected chi connectivity index (χ1v) is 9.59. The Labute approximate surface area is 147 Å². The minimum Gasteiger partial charge on any atom is -0.292 e. The summed E-state index contributed by atoms with van der Waals surface area (Å²) in [5, 5.41) is 0. The molecule has 2 aromatic rings. The van der Waals surface area contributed by atoms with Gasteiger partial charge in [0.15, 0.2) is 5.78 Å². The van der Waals surface area contributed by atoms with Crippen LogP contribution in [0.15, 0.2) is 53.4 Å². The second kappa shape index (κ2) is 6.44. The van der Waals surface area contributed by atoms with E-state index < -0.39 is 28.3 Å². The Morgan fingerprint density at radius 1 is 1.08 bits per heavy atom. The summed E-state index contributed by atoms with van der Waals surface area (Å²) in [7, 11) is -3.96. The van der Waals surface area contributed by atoms with E-state index in [0.717, 1.165) is 12.0 Å². The molecular weight excluding hydrogens is 338 g/mol. The Morgan fingerprint density at radius 2 is 1.72 bits per heavy atom. The van der Waals surface area contributed by atoms with Crippen LogP contribution in [0.2, 0.25) is 0 Å². The number of ketones is 1. The maximum absolute atomic E-state index is 12.5. The molecular formula is C19H19NO4S. The van der Waals surface area contributed by atoms with Gasteiger partial charge in [-0.05, 0) is 30.0 Å².